The summed E-state index contributed by atoms with van der Waals surface area (Å²) in [5, 5.41) is 2.44. The Balaban J connectivity index is 2.00. The van der Waals surface area contributed by atoms with Crippen molar-refractivity contribution in [2.75, 3.05) is 13.1 Å². The number of para-hydroxylation sites is 1. The van der Waals surface area contributed by atoms with E-state index in [0.29, 0.717) is 37.0 Å². The summed E-state index contributed by atoms with van der Waals surface area (Å²) in [6.45, 7) is 5.54. The zero-order chi connectivity index (χ0) is 20.8. The number of benzene rings is 1. The third kappa shape index (κ3) is 4.67. The molecule has 0 saturated heterocycles. The molecule has 0 unspecified atom stereocenters. The van der Waals surface area contributed by atoms with E-state index in [-0.39, 0.29) is 18.0 Å². The number of fused-ring (bicyclic) bond motifs is 1. The number of rotatable bonds is 9. The molecule has 0 spiro atoms. The van der Waals surface area contributed by atoms with E-state index in [2.05, 4.69) is 6.92 Å². The van der Waals surface area contributed by atoms with Crippen molar-refractivity contribution < 1.29 is 4.79 Å². The number of hydrogen-bond acceptors (Lipinski definition) is 4. The van der Waals surface area contributed by atoms with Crippen LogP contribution in [0.3, 0.4) is 0 Å². The van der Waals surface area contributed by atoms with Crippen LogP contribution < -0.4 is 11.2 Å². The summed E-state index contributed by atoms with van der Waals surface area (Å²) in [6.07, 6.45) is 2.53. The van der Waals surface area contributed by atoms with Gasteiger partial charge in [-0.05, 0) is 43.3 Å². The summed E-state index contributed by atoms with van der Waals surface area (Å²) in [5.41, 5.74) is -0.218. The lowest BCUT2D eigenvalue weighted by Crippen LogP contribution is -2.44. The minimum absolute atomic E-state index is 0.0593. The monoisotopic (exact) mass is 413 g/mol. The maximum atomic E-state index is 13.2. The molecule has 29 heavy (non-hydrogen) atoms. The van der Waals surface area contributed by atoms with Crippen LogP contribution in [0.2, 0.25) is 0 Å². The van der Waals surface area contributed by atoms with Crippen molar-refractivity contribution >= 4 is 28.1 Å². The van der Waals surface area contributed by atoms with Gasteiger partial charge in [0, 0.05) is 24.5 Å². The first kappa shape index (κ1) is 21.0. The molecule has 7 heteroatoms. The van der Waals surface area contributed by atoms with Crippen molar-refractivity contribution in [2.45, 2.75) is 46.2 Å². The molecular weight excluding hydrogens is 386 g/mol. The van der Waals surface area contributed by atoms with Crippen molar-refractivity contribution in [3.8, 4) is 0 Å². The van der Waals surface area contributed by atoms with Crippen LogP contribution in [-0.2, 0) is 24.3 Å². The Morgan fingerprint density at radius 2 is 1.86 bits per heavy atom. The van der Waals surface area contributed by atoms with Gasteiger partial charge < -0.3 is 4.90 Å². The molecule has 0 saturated carbocycles. The van der Waals surface area contributed by atoms with Crippen LogP contribution in [0.15, 0.2) is 51.4 Å². The Bertz CT molecular complexity index is 1080. The number of aryl methyl sites for hydroxylation is 1. The fourth-order valence-electron chi connectivity index (χ4n) is 3.44. The van der Waals surface area contributed by atoms with Crippen LogP contribution in [-0.4, -0.2) is 33.0 Å². The second-order valence-electron chi connectivity index (χ2n) is 7.00. The highest BCUT2D eigenvalue weighted by molar-refractivity contribution is 7.09. The smallest absolute Gasteiger partial charge is 0.331 e. The lowest BCUT2D eigenvalue weighted by atomic mass is 10.2. The molecule has 6 nitrogen and oxygen atoms in total. The van der Waals surface area contributed by atoms with Gasteiger partial charge in [-0.1, -0.05) is 31.5 Å². The van der Waals surface area contributed by atoms with E-state index in [4.69, 9.17) is 0 Å². The number of carbonyl (C=O) groups is 1. The van der Waals surface area contributed by atoms with Crippen molar-refractivity contribution in [1.82, 2.24) is 14.0 Å². The number of carbonyl (C=O) groups excluding carboxylic acids is 1. The molecule has 0 aliphatic carbocycles. The highest BCUT2D eigenvalue weighted by Gasteiger charge is 2.18. The molecule has 0 fully saturated rings. The van der Waals surface area contributed by atoms with Crippen LogP contribution >= 0.6 is 11.3 Å². The summed E-state index contributed by atoms with van der Waals surface area (Å²) in [7, 11) is 0. The van der Waals surface area contributed by atoms with Crippen LogP contribution in [0, 0.1) is 0 Å². The molecule has 0 aliphatic heterocycles. The predicted molar refractivity (Wildman–Crippen MR) is 118 cm³/mol. The Morgan fingerprint density at radius 3 is 2.55 bits per heavy atom. The molecule has 3 aromatic rings. The third-order valence-electron chi connectivity index (χ3n) is 5.10. The first-order valence-electron chi connectivity index (χ1n) is 10.1. The van der Waals surface area contributed by atoms with Crippen LogP contribution in [0.5, 0.6) is 0 Å². The summed E-state index contributed by atoms with van der Waals surface area (Å²) in [5.74, 6) is -0.100. The summed E-state index contributed by atoms with van der Waals surface area (Å²) < 4.78 is 2.71. The topological polar surface area (TPSA) is 64.3 Å². The van der Waals surface area contributed by atoms with E-state index in [9.17, 15) is 14.4 Å². The highest BCUT2D eigenvalue weighted by Crippen LogP contribution is 2.11. The molecule has 0 aliphatic rings. The normalized spacial score (nSPS) is 11.1. The van der Waals surface area contributed by atoms with Gasteiger partial charge in [-0.3, -0.25) is 18.7 Å². The number of nitrogens with zero attached hydrogens (tertiary/aromatic N) is 3. The van der Waals surface area contributed by atoms with Gasteiger partial charge in [0.2, 0.25) is 5.91 Å². The van der Waals surface area contributed by atoms with E-state index in [1.807, 2.05) is 24.4 Å². The van der Waals surface area contributed by atoms with Crippen molar-refractivity contribution in [1.29, 1.82) is 0 Å². The van der Waals surface area contributed by atoms with Gasteiger partial charge in [0.05, 0.1) is 10.9 Å². The van der Waals surface area contributed by atoms with Crippen molar-refractivity contribution in [2.24, 2.45) is 0 Å². The van der Waals surface area contributed by atoms with E-state index in [1.54, 1.807) is 40.5 Å². The lowest BCUT2D eigenvalue weighted by molar-refractivity contribution is -0.131. The minimum Gasteiger partial charge on any atom is -0.341 e. The van der Waals surface area contributed by atoms with E-state index in [1.165, 1.54) is 9.13 Å². The molecular formula is C22H27N3O3S. The molecule has 2 aromatic heterocycles. The number of unbranched alkanes of at least 4 members (excludes halogenated alkanes) is 1. The molecule has 3 rings (SSSR count). The molecule has 0 radical (unpaired) electrons. The molecule has 2 heterocycles. The van der Waals surface area contributed by atoms with Crippen LogP contribution in [0.4, 0.5) is 0 Å². The average molecular weight is 414 g/mol. The second-order valence-corrected chi connectivity index (χ2v) is 8.03. The average Bonchev–Trinajstić information content (AvgIpc) is 3.25. The molecule has 1 aromatic carbocycles. The number of thiophene rings is 1. The number of likely N-dealkylation sites (N-methyl/N-ethyl adjacent to an activating group) is 1. The fourth-order valence-corrected chi connectivity index (χ4v) is 4.14. The van der Waals surface area contributed by atoms with Gasteiger partial charge in [-0.15, -0.1) is 11.3 Å². The van der Waals surface area contributed by atoms with Gasteiger partial charge in [-0.25, -0.2) is 4.79 Å². The van der Waals surface area contributed by atoms with Crippen molar-refractivity contribution in [3.63, 3.8) is 0 Å². The highest BCUT2D eigenvalue weighted by atomic mass is 32.1. The van der Waals surface area contributed by atoms with Crippen LogP contribution in [0.1, 0.15) is 31.6 Å². The fraction of sp³-hybridized carbons (Fsp3) is 0.409. The Hall–Kier alpha value is -2.67. The van der Waals surface area contributed by atoms with E-state index >= 15 is 0 Å². The summed E-state index contributed by atoms with van der Waals surface area (Å²) in [6, 6.07) is 11.0. The van der Waals surface area contributed by atoms with Gasteiger partial charge in [-0.2, -0.15) is 0 Å². The molecule has 0 N–H and O–H groups in total. The van der Waals surface area contributed by atoms with Gasteiger partial charge >= 0.3 is 5.69 Å². The lowest BCUT2D eigenvalue weighted by Gasteiger charge is -2.22. The number of hydrogen-bond donors (Lipinski definition) is 0. The zero-order valence-corrected chi connectivity index (χ0v) is 17.8. The Morgan fingerprint density at radius 1 is 1.07 bits per heavy atom. The van der Waals surface area contributed by atoms with Gasteiger partial charge in [0.1, 0.15) is 6.54 Å². The zero-order valence-electron chi connectivity index (χ0n) is 17.0. The standard InChI is InChI=1S/C22H27N3O3S/c1-3-5-13-23(4-2)20(26)16-25-19-11-7-6-10-18(19)21(27)24(22(25)28)14-12-17-9-8-15-29-17/h6-11,15H,3-5,12-14,16H2,1-2H3. The quantitative estimate of drug-likeness (QED) is 0.541. The molecule has 0 atom stereocenters. The van der Waals surface area contributed by atoms with Crippen LogP contribution in [0.25, 0.3) is 10.9 Å². The second kappa shape index (κ2) is 9.69. The largest absolute Gasteiger partial charge is 0.341 e. The predicted octanol–water partition coefficient (Wildman–Crippen LogP) is 3.12. The van der Waals surface area contributed by atoms with Gasteiger partial charge in [0.25, 0.3) is 5.56 Å². The Kier molecular flexibility index (Phi) is 7.04. The molecule has 154 valence electrons. The van der Waals surface area contributed by atoms with E-state index in [0.717, 1.165) is 17.7 Å². The molecule has 0 bridgehead atoms. The summed E-state index contributed by atoms with van der Waals surface area (Å²) >= 11 is 1.60. The third-order valence-corrected chi connectivity index (χ3v) is 6.04. The van der Waals surface area contributed by atoms with Crippen molar-refractivity contribution in [3.05, 3.63) is 67.5 Å². The maximum absolute atomic E-state index is 13.2. The Labute approximate surface area is 174 Å². The minimum atomic E-state index is -0.426. The number of amides is 1. The summed E-state index contributed by atoms with van der Waals surface area (Å²) in [4.78, 5) is 41.9. The first-order chi connectivity index (χ1) is 14.1. The first-order valence-corrected chi connectivity index (χ1v) is 11.0. The molecule has 1 amide bonds. The SMILES string of the molecule is CCCCN(CC)C(=O)Cn1c(=O)n(CCc2cccs2)c(=O)c2ccccc21. The van der Waals surface area contributed by atoms with E-state index < -0.39 is 5.69 Å². The maximum Gasteiger partial charge on any atom is 0.331 e. The van der Waals surface area contributed by atoms with Gasteiger partial charge in [0.15, 0.2) is 0 Å². The number of aromatic nitrogens is 2.